The molecule has 0 saturated carbocycles. The number of rotatable bonds is 5. The fraction of sp³-hybridized carbons (Fsp3) is 0.400. The highest BCUT2D eigenvalue weighted by Gasteiger charge is 2.47. The Morgan fingerprint density at radius 1 is 1.09 bits per heavy atom. The molecule has 2 aromatic heterocycles. The van der Waals surface area contributed by atoms with Crippen LogP contribution in [-0.2, 0) is 0 Å². The van der Waals surface area contributed by atoms with Gasteiger partial charge in [0.25, 0.3) is 0 Å². The third-order valence-corrected chi connectivity index (χ3v) is 7.20. The second-order valence-electron chi connectivity index (χ2n) is 8.92. The topological polar surface area (TPSA) is 74.6 Å². The van der Waals surface area contributed by atoms with Gasteiger partial charge in [-0.05, 0) is 67.8 Å². The van der Waals surface area contributed by atoms with Gasteiger partial charge in [-0.3, -0.25) is 4.90 Å². The Morgan fingerprint density at radius 2 is 1.91 bits per heavy atom. The number of fused-ring (bicyclic) bond motifs is 2. The fourth-order valence-electron chi connectivity index (χ4n) is 5.20. The molecule has 172 valence electrons. The van der Waals surface area contributed by atoms with Gasteiger partial charge in [-0.25, -0.2) is 9.37 Å². The number of hydrogen-bond acceptors (Lipinski definition) is 7. The minimum atomic E-state index is -0.913. The van der Waals surface area contributed by atoms with E-state index in [1.165, 1.54) is 0 Å². The summed E-state index contributed by atoms with van der Waals surface area (Å²) in [4.78, 5) is 8.22. The number of methoxy groups -OCH3 is 1. The number of halogens is 1. The molecule has 1 aromatic carbocycles. The summed E-state index contributed by atoms with van der Waals surface area (Å²) < 4.78 is 20.4. The highest BCUT2D eigenvalue weighted by molar-refractivity contribution is 5.74. The molecule has 7 nitrogen and oxygen atoms in total. The van der Waals surface area contributed by atoms with Gasteiger partial charge in [0, 0.05) is 37.0 Å². The lowest BCUT2D eigenvalue weighted by molar-refractivity contribution is 0.0701. The first-order valence-corrected chi connectivity index (χ1v) is 11.2. The fourth-order valence-corrected chi connectivity index (χ4v) is 5.20. The predicted octanol–water partition coefficient (Wildman–Crippen LogP) is 3.93. The van der Waals surface area contributed by atoms with Crippen molar-refractivity contribution in [3.05, 3.63) is 48.7 Å². The highest BCUT2D eigenvalue weighted by atomic mass is 19.1. The number of benzene rings is 1. The number of pyridine rings is 1. The standard InChI is InChI=1S/C25H28FN5O2/c1-30-17-5-8-20(30)25(26)21(14-17)31(2)23-9-7-19(28-29-23)18-6-4-15(12-22(18)32)16-10-11-27-24(13-16)33-3/h4,6-7,9-13,17,20-21,25,32H,5,8,14H2,1-3H3/t17?,20?,21-,25+/m1/s1. The predicted molar refractivity (Wildman–Crippen MR) is 125 cm³/mol. The largest absolute Gasteiger partial charge is 0.507 e. The molecule has 0 aliphatic carbocycles. The lowest BCUT2D eigenvalue weighted by Crippen LogP contribution is -2.56. The second-order valence-corrected chi connectivity index (χ2v) is 8.92. The maximum atomic E-state index is 15.2. The van der Waals surface area contributed by atoms with Crippen LogP contribution in [0.4, 0.5) is 10.2 Å². The van der Waals surface area contributed by atoms with Crippen LogP contribution in [0.3, 0.4) is 0 Å². The molecule has 0 amide bonds. The molecule has 2 aliphatic heterocycles. The first kappa shape index (κ1) is 21.6. The summed E-state index contributed by atoms with van der Waals surface area (Å²) in [7, 11) is 5.49. The van der Waals surface area contributed by atoms with Crippen LogP contribution in [0.1, 0.15) is 19.3 Å². The van der Waals surface area contributed by atoms with E-state index in [4.69, 9.17) is 4.74 Å². The molecular formula is C25H28FN5O2. The Morgan fingerprint density at radius 3 is 2.64 bits per heavy atom. The summed E-state index contributed by atoms with van der Waals surface area (Å²) in [6.07, 6.45) is 3.51. The Labute approximate surface area is 192 Å². The van der Waals surface area contributed by atoms with E-state index in [0.29, 0.717) is 29.0 Å². The van der Waals surface area contributed by atoms with Crippen molar-refractivity contribution in [3.8, 4) is 34.0 Å². The number of hydrogen-bond donors (Lipinski definition) is 1. The van der Waals surface area contributed by atoms with Crippen molar-refractivity contribution in [1.29, 1.82) is 0 Å². The summed E-state index contributed by atoms with van der Waals surface area (Å²) in [5.74, 6) is 1.25. The van der Waals surface area contributed by atoms with Crippen molar-refractivity contribution in [3.63, 3.8) is 0 Å². The third-order valence-electron chi connectivity index (χ3n) is 7.20. The SMILES string of the molecule is COc1cc(-c2ccc(-c3ccc(N(C)[C@@H]4CC5CCC([C@@H]4F)N5C)nn3)c(O)c2)ccn1. The Hall–Kier alpha value is -3.26. The van der Waals surface area contributed by atoms with Gasteiger partial charge in [0.05, 0.1) is 18.8 Å². The van der Waals surface area contributed by atoms with E-state index < -0.39 is 6.17 Å². The zero-order valence-corrected chi connectivity index (χ0v) is 19.0. The van der Waals surface area contributed by atoms with E-state index in [0.717, 1.165) is 30.4 Å². The minimum absolute atomic E-state index is 0.0146. The number of piperidine rings is 1. The number of alkyl halides is 1. The van der Waals surface area contributed by atoms with Gasteiger partial charge in [0.1, 0.15) is 11.9 Å². The Kier molecular flexibility index (Phi) is 5.62. The molecule has 5 rings (SSSR count). The van der Waals surface area contributed by atoms with Crippen LogP contribution in [0.2, 0.25) is 0 Å². The van der Waals surface area contributed by atoms with Crippen LogP contribution in [-0.4, -0.2) is 70.7 Å². The van der Waals surface area contributed by atoms with E-state index in [-0.39, 0.29) is 17.8 Å². The first-order valence-electron chi connectivity index (χ1n) is 11.2. The summed E-state index contributed by atoms with van der Waals surface area (Å²) in [5, 5.41) is 19.4. The van der Waals surface area contributed by atoms with E-state index in [2.05, 4.69) is 20.1 Å². The number of ether oxygens (including phenoxy) is 1. The molecule has 2 bridgehead atoms. The van der Waals surface area contributed by atoms with Crippen molar-refractivity contribution in [1.82, 2.24) is 20.1 Å². The van der Waals surface area contributed by atoms with Crippen molar-refractivity contribution in [2.75, 3.05) is 26.1 Å². The second kappa shape index (κ2) is 8.59. The average Bonchev–Trinajstić information content (AvgIpc) is 3.11. The van der Waals surface area contributed by atoms with Crippen LogP contribution < -0.4 is 9.64 Å². The molecule has 2 saturated heterocycles. The van der Waals surface area contributed by atoms with E-state index >= 15 is 4.39 Å². The van der Waals surface area contributed by atoms with Gasteiger partial charge in [0.15, 0.2) is 5.82 Å². The van der Waals surface area contributed by atoms with Gasteiger partial charge >= 0.3 is 0 Å². The molecule has 2 aliphatic rings. The number of aromatic hydroxyl groups is 1. The quantitative estimate of drug-likeness (QED) is 0.633. The van der Waals surface area contributed by atoms with Gasteiger partial charge in [-0.15, -0.1) is 10.2 Å². The summed E-state index contributed by atoms with van der Waals surface area (Å²) in [6.45, 7) is 0. The molecule has 8 heteroatoms. The molecule has 3 aromatic rings. The van der Waals surface area contributed by atoms with E-state index in [1.807, 2.05) is 55.4 Å². The number of anilines is 1. The molecule has 2 unspecified atom stereocenters. The average molecular weight is 450 g/mol. The highest BCUT2D eigenvalue weighted by Crippen LogP contribution is 2.39. The molecule has 4 heterocycles. The maximum absolute atomic E-state index is 15.2. The number of phenols is 1. The van der Waals surface area contributed by atoms with E-state index in [9.17, 15) is 5.11 Å². The van der Waals surface area contributed by atoms with Crippen LogP contribution in [0.25, 0.3) is 22.4 Å². The lowest BCUT2D eigenvalue weighted by Gasteiger charge is -2.43. The van der Waals surface area contributed by atoms with Crippen LogP contribution in [0.5, 0.6) is 11.6 Å². The van der Waals surface area contributed by atoms with Gasteiger partial charge < -0.3 is 14.7 Å². The molecule has 2 fully saturated rings. The van der Waals surface area contributed by atoms with E-state index in [1.54, 1.807) is 19.4 Å². The maximum Gasteiger partial charge on any atom is 0.213 e. The number of phenolic OH excluding ortho intramolecular Hbond substituents is 1. The Bertz CT molecular complexity index is 1140. The summed E-state index contributed by atoms with van der Waals surface area (Å²) >= 11 is 0. The summed E-state index contributed by atoms with van der Waals surface area (Å²) in [5.41, 5.74) is 2.87. The molecule has 1 N–H and O–H groups in total. The minimum Gasteiger partial charge on any atom is -0.507 e. The molecular weight excluding hydrogens is 421 g/mol. The first-order chi connectivity index (χ1) is 16.0. The molecule has 4 atom stereocenters. The summed E-state index contributed by atoms with van der Waals surface area (Å²) in [6, 6.07) is 13.0. The monoisotopic (exact) mass is 449 g/mol. The smallest absolute Gasteiger partial charge is 0.213 e. The molecule has 0 radical (unpaired) electrons. The zero-order valence-electron chi connectivity index (χ0n) is 19.0. The van der Waals surface area contributed by atoms with Crippen LogP contribution in [0, 0.1) is 0 Å². The van der Waals surface area contributed by atoms with Crippen molar-refractivity contribution < 1.29 is 14.2 Å². The lowest BCUT2D eigenvalue weighted by atomic mass is 9.95. The van der Waals surface area contributed by atoms with Gasteiger partial charge in [-0.1, -0.05) is 6.07 Å². The van der Waals surface area contributed by atoms with Crippen LogP contribution in [0.15, 0.2) is 48.7 Å². The number of nitrogens with zero attached hydrogens (tertiary/aromatic N) is 5. The van der Waals surface area contributed by atoms with Crippen molar-refractivity contribution in [2.24, 2.45) is 0 Å². The molecule has 33 heavy (non-hydrogen) atoms. The third kappa shape index (κ3) is 3.88. The zero-order chi connectivity index (χ0) is 23.1. The number of aromatic nitrogens is 3. The molecule has 0 spiro atoms. The van der Waals surface area contributed by atoms with Crippen molar-refractivity contribution in [2.45, 2.75) is 43.6 Å². The van der Waals surface area contributed by atoms with Gasteiger partial charge in [0.2, 0.25) is 5.88 Å². The van der Waals surface area contributed by atoms with Crippen LogP contribution >= 0.6 is 0 Å². The van der Waals surface area contributed by atoms with Crippen molar-refractivity contribution >= 4 is 5.82 Å². The van der Waals surface area contributed by atoms with Gasteiger partial charge in [-0.2, -0.15) is 0 Å². The Balaban J connectivity index is 1.35. The normalized spacial score (nSPS) is 24.6.